The summed E-state index contributed by atoms with van der Waals surface area (Å²) in [5.74, 6) is 2.40. The van der Waals surface area contributed by atoms with Crippen molar-refractivity contribution in [2.24, 2.45) is 0 Å². The molecule has 1 heterocycles. The molecule has 0 aliphatic carbocycles. The van der Waals surface area contributed by atoms with Gasteiger partial charge in [0.15, 0.2) is 0 Å². The molecule has 2 atom stereocenters. The predicted molar refractivity (Wildman–Crippen MR) is 90.0 cm³/mol. The Bertz CT molecular complexity index is 574. The number of aliphatic hydroxyl groups excluding tert-OH is 1. The van der Waals surface area contributed by atoms with Crippen LogP contribution in [-0.2, 0) is 0 Å². The second kappa shape index (κ2) is 7.61. The second-order valence-corrected chi connectivity index (χ2v) is 6.09. The molecule has 1 aromatic carbocycles. The molecule has 0 spiro atoms. The smallest absolute Gasteiger partial charge is 0.121 e. The van der Waals surface area contributed by atoms with E-state index >= 15 is 0 Å². The second-order valence-electron chi connectivity index (χ2n) is 6.09. The minimum absolute atomic E-state index is 0.0667. The van der Waals surface area contributed by atoms with Crippen LogP contribution < -0.4 is 5.32 Å². The Morgan fingerprint density at radius 1 is 1.14 bits per heavy atom. The molecule has 0 saturated heterocycles. The summed E-state index contributed by atoms with van der Waals surface area (Å²) in [5, 5.41) is 13.2. The van der Waals surface area contributed by atoms with Crippen LogP contribution in [-0.4, -0.2) is 11.7 Å². The standard InChI is InChI=1S/C19H27NO2/c1-5-17(19-11-16(13(2)3)14(4)22-19)20-18(12-21)15-9-7-6-8-10-15/h6-11,13,17-18,20-21H,5,12H2,1-4H3/t17-,18+/m1/s1. The van der Waals surface area contributed by atoms with Crippen molar-refractivity contribution in [2.45, 2.75) is 52.1 Å². The molecular weight excluding hydrogens is 274 g/mol. The normalized spacial score (nSPS) is 14.3. The van der Waals surface area contributed by atoms with Crippen LogP contribution in [0.3, 0.4) is 0 Å². The third-order valence-corrected chi connectivity index (χ3v) is 4.14. The fraction of sp³-hybridized carbons (Fsp3) is 0.474. The molecule has 0 amide bonds. The first-order valence-electron chi connectivity index (χ1n) is 8.08. The number of hydrogen-bond donors (Lipinski definition) is 2. The van der Waals surface area contributed by atoms with Crippen LogP contribution in [0.2, 0.25) is 0 Å². The van der Waals surface area contributed by atoms with Gasteiger partial charge < -0.3 is 9.52 Å². The van der Waals surface area contributed by atoms with Gasteiger partial charge in [-0.15, -0.1) is 0 Å². The molecule has 2 aromatic rings. The van der Waals surface area contributed by atoms with Crippen LogP contribution in [0, 0.1) is 6.92 Å². The Morgan fingerprint density at radius 2 is 1.82 bits per heavy atom. The van der Waals surface area contributed by atoms with Gasteiger partial charge in [0.1, 0.15) is 11.5 Å². The fourth-order valence-electron chi connectivity index (χ4n) is 2.85. The maximum atomic E-state index is 9.73. The predicted octanol–water partition coefficient (Wildman–Crippen LogP) is 4.49. The summed E-state index contributed by atoms with van der Waals surface area (Å²) in [7, 11) is 0. The molecule has 22 heavy (non-hydrogen) atoms. The fourth-order valence-corrected chi connectivity index (χ4v) is 2.85. The molecule has 2 rings (SSSR count). The summed E-state index contributed by atoms with van der Waals surface area (Å²) < 4.78 is 5.97. The zero-order chi connectivity index (χ0) is 16.1. The third-order valence-electron chi connectivity index (χ3n) is 4.14. The van der Waals surface area contributed by atoms with Gasteiger partial charge in [-0.25, -0.2) is 0 Å². The van der Waals surface area contributed by atoms with E-state index in [0.29, 0.717) is 5.92 Å². The topological polar surface area (TPSA) is 45.4 Å². The summed E-state index contributed by atoms with van der Waals surface area (Å²) >= 11 is 0. The van der Waals surface area contributed by atoms with E-state index in [-0.39, 0.29) is 18.7 Å². The SMILES string of the molecule is CC[C@@H](N[C@@H](CO)c1ccccc1)c1cc(C(C)C)c(C)o1. The van der Waals surface area contributed by atoms with Crippen molar-refractivity contribution >= 4 is 0 Å². The van der Waals surface area contributed by atoms with Crippen molar-refractivity contribution in [1.29, 1.82) is 0 Å². The van der Waals surface area contributed by atoms with Gasteiger partial charge in [-0.3, -0.25) is 5.32 Å². The lowest BCUT2D eigenvalue weighted by molar-refractivity contribution is 0.225. The van der Waals surface area contributed by atoms with Crippen LogP contribution in [0.25, 0.3) is 0 Å². The summed E-state index contributed by atoms with van der Waals surface area (Å²) in [6.45, 7) is 8.57. The quantitative estimate of drug-likeness (QED) is 0.792. The van der Waals surface area contributed by atoms with Crippen molar-refractivity contribution in [2.75, 3.05) is 6.61 Å². The van der Waals surface area contributed by atoms with Crippen LogP contribution >= 0.6 is 0 Å². The molecule has 1 aromatic heterocycles. The average Bonchev–Trinajstić information content (AvgIpc) is 2.91. The van der Waals surface area contributed by atoms with Gasteiger partial charge in [-0.2, -0.15) is 0 Å². The summed E-state index contributed by atoms with van der Waals surface area (Å²) in [6.07, 6.45) is 0.911. The van der Waals surface area contributed by atoms with Gasteiger partial charge >= 0.3 is 0 Å². The monoisotopic (exact) mass is 301 g/mol. The number of hydrogen-bond acceptors (Lipinski definition) is 3. The van der Waals surface area contributed by atoms with Crippen LogP contribution in [0.15, 0.2) is 40.8 Å². The number of furan rings is 1. The van der Waals surface area contributed by atoms with Crippen LogP contribution in [0.4, 0.5) is 0 Å². The Hall–Kier alpha value is -1.58. The molecule has 3 heteroatoms. The number of rotatable bonds is 7. The van der Waals surface area contributed by atoms with E-state index < -0.39 is 0 Å². The third kappa shape index (κ3) is 3.79. The lowest BCUT2D eigenvalue weighted by Crippen LogP contribution is -2.28. The zero-order valence-corrected chi connectivity index (χ0v) is 14.0. The van der Waals surface area contributed by atoms with Gasteiger partial charge in [-0.05, 0) is 36.5 Å². The highest BCUT2D eigenvalue weighted by Crippen LogP contribution is 2.29. The van der Waals surface area contributed by atoms with E-state index in [1.165, 1.54) is 5.56 Å². The molecule has 0 bridgehead atoms. The van der Waals surface area contributed by atoms with Gasteiger partial charge in [0.2, 0.25) is 0 Å². The van der Waals surface area contributed by atoms with E-state index in [4.69, 9.17) is 4.42 Å². The summed E-state index contributed by atoms with van der Waals surface area (Å²) in [5.41, 5.74) is 2.35. The molecule has 3 nitrogen and oxygen atoms in total. The Labute approximate surface area is 133 Å². The van der Waals surface area contributed by atoms with Gasteiger partial charge in [0, 0.05) is 0 Å². The molecule has 0 unspecified atom stereocenters. The van der Waals surface area contributed by atoms with Crippen LogP contribution in [0.1, 0.15) is 67.8 Å². The van der Waals surface area contributed by atoms with E-state index in [1.807, 2.05) is 37.3 Å². The molecule has 0 aliphatic rings. The van der Waals surface area contributed by atoms with Crippen molar-refractivity contribution in [3.05, 3.63) is 59.0 Å². The first-order chi connectivity index (χ1) is 10.6. The molecule has 0 saturated carbocycles. The van der Waals surface area contributed by atoms with Gasteiger partial charge in [-0.1, -0.05) is 51.1 Å². The highest BCUT2D eigenvalue weighted by molar-refractivity contribution is 5.26. The van der Waals surface area contributed by atoms with E-state index in [1.54, 1.807) is 0 Å². The Kier molecular flexibility index (Phi) is 5.81. The van der Waals surface area contributed by atoms with Crippen molar-refractivity contribution in [3.8, 4) is 0 Å². The number of aliphatic hydroxyl groups is 1. The van der Waals surface area contributed by atoms with E-state index in [2.05, 4.69) is 32.2 Å². The maximum absolute atomic E-state index is 9.73. The van der Waals surface area contributed by atoms with Crippen molar-refractivity contribution in [1.82, 2.24) is 5.32 Å². The minimum Gasteiger partial charge on any atom is -0.464 e. The average molecular weight is 301 g/mol. The highest BCUT2D eigenvalue weighted by atomic mass is 16.3. The lowest BCUT2D eigenvalue weighted by atomic mass is 10.0. The number of benzene rings is 1. The Morgan fingerprint density at radius 3 is 2.32 bits per heavy atom. The summed E-state index contributed by atoms with van der Waals surface area (Å²) in [4.78, 5) is 0. The molecule has 0 aliphatic heterocycles. The molecule has 2 N–H and O–H groups in total. The largest absolute Gasteiger partial charge is 0.464 e. The summed E-state index contributed by atoms with van der Waals surface area (Å²) in [6, 6.07) is 12.2. The van der Waals surface area contributed by atoms with Crippen molar-refractivity contribution in [3.63, 3.8) is 0 Å². The maximum Gasteiger partial charge on any atom is 0.121 e. The molecule has 120 valence electrons. The van der Waals surface area contributed by atoms with Gasteiger partial charge in [0.05, 0.1) is 18.7 Å². The molecular formula is C19H27NO2. The first-order valence-corrected chi connectivity index (χ1v) is 8.08. The van der Waals surface area contributed by atoms with Crippen LogP contribution in [0.5, 0.6) is 0 Å². The lowest BCUT2D eigenvalue weighted by Gasteiger charge is -2.22. The molecule has 0 radical (unpaired) electrons. The number of nitrogens with one attached hydrogen (secondary N) is 1. The van der Waals surface area contributed by atoms with E-state index in [9.17, 15) is 5.11 Å². The highest BCUT2D eigenvalue weighted by Gasteiger charge is 2.21. The number of aryl methyl sites for hydroxylation is 1. The first kappa shape index (κ1) is 16.8. The van der Waals surface area contributed by atoms with E-state index in [0.717, 1.165) is 23.5 Å². The minimum atomic E-state index is -0.0842. The van der Waals surface area contributed by atoms with Gasteiger partial charge in [0.25, 0.3) is 0 Å². The zero-order valence-electron chi connectivity index (χ0n) is 14.0. The molecule has 0 fully saturated rings. The van der Waals surface area contributed by atoms with Crippen molar-refractivity contribution < 1.29 is 9.52 Å². The Balaban J connectivity index is 2.19.